The van der Waals surface area contributed by atoms with E-state index in [2.05, 4.69) is 20.8 Å². The first kappa shape index (κ1) is 11.6. The van der Waals surface area contributed by atoms with E-state index in [-0.39, 0.29) is 12.5 Å². The predicted octanol–water partition coefficient (Wildman–Crippen LogP) is 1.03. The largest absolute Gasteiger partial charge is 0.323 e. The zero-order chi connectivity index (χ0) is 12.1. The maximum Gasteiger partial charge on any atom is 0.246 e. The lowest BCUT2D eigenvalue weighted by Crippen LogP contribution is -2.19. The van der Waals surface area contributed by atoms with Crippen molar-refractivity contribution in [1.29, 1.82) is 0 Å². The van der Waals surface area contributed by atoms with Gasteiger partial charge in [0.2, 0.25) is 5.91 Å². The summed E-state index contributed by atoms with van der Waals surface area (Å²) in [6, 6.07) is 7.63. The van der Waals surface area contributed by atoms with Crippen LogP contribution in [0.2, 0.25) is 0 Å². The molecule has 0 spiro atoms. The molecule has 0 atom stereocenters. The number of aromatic nitrogens is 4. The van der Waals surface area contributed by atoms with Crippen molar-refractivity contribution in [1.82, 2.24) is 20.2 Å². The highest BCUT2D eigenvalue weighted by Crippen LogP contribution is 2.24. The molecule has 0 bridgehead atoms. The average Bonchev–Trinajstić information content (AvgIpc) is 2.82. The maximum atomic E-state index is 11.7. The standard InChI is InChI=1S/C10H11N5OS/c1-17-9-5-3-2-4-8(9)12-10(16)6-15-7-11-13-14-15/h2-5,7H,6H2,1H3,(H,12,16). The summed E-state index contributed by atoms with van der Waals surface area (Å²) in [5, 5.41) is 13.4. The Morgan fingerprint density at radius 2 is 2.29 bits per heavy atom. The van der Waals surface area contributed by atoms with Gasteiger partial charge in [0.25, 0.3) is 0 Å². The van der Waals surface area contributed by atoms with Crippen LogP contribution in [0.1, 0.15) is 0 Å². The fourth-order valence-electron chi connectivity index (χ4n) is 1.34. The van der Waals surface area contributed by atoms with E-state index in [1.165, 1.54) is 11.0 Å². The van der Waals surface area contributed by atoms with Crippen molar-refractivity contribution in [2.24, 2.45) is 0 Å². The van der Waals surface area contributed by atoms with Crippen molar-refractivity contribution >= 4 is 23.4 Å². The summed E-state index contributed by atoms with van der Waals surface area (Å²) in [7, 11) is 0. The Balaban J connectivity index is 2.03. The maximum absolute atomic E-state index is 11.7. The lowest BCUT2D eigenvalue weighted by molar-refractivity contribution is -0.116. The number of anilines is 1. The lowest BCUT2D eigenvalue weighted by Gasteiger charge is -2.08. The van der Waals surface area contributed by atoms with Gasteiger partial charge in [0.15, 0.2) is 0 Å². The van der Waals surface area contributed by atoms with E-state index in [4.69, 9.17) is 0 Å². The number of tetrazole rings is 1. The molecule has 1 amide bonds. The summed E-state index contributed by atoms with van der Waals surface area (Å²) in [6.07, 6.45) is 3.37. The second kappa shape index (κ2) is 5.44. The number of nitrogens with one attached hydrogen (secondary N) is 1. The molecule has 0 saturated heterocycles. The van der Waals surface area contributed by atoms with Crippen LogP contribution >= 0.6 is 11.8 Å². The molecule has 2 rings (SSSR count). The molecule has 0 saturated carbocycles. The molecule has 88 valence electrons. The van der Waals surface area contributed by atoms with Gasteiger partial charge in [-0.3, -0.25) is 4.79 Å². The van der Waals surface area contributed by atoms with E-state index in [0.717, 1.165) is 10.6 Å². The van der Waals surface area contributed by atoms with E-state index >= 15 is 0 Å². The number of carbonyl (C=O) groups is 1. The number of hydrogen-bond donors (Lipinski definition) is 1. The molecule has 7 heteroatoms. The molecule has 0 radical (unpaired) electrons. The number of rotatable bonds is 4. The number of thioether (sulfide) groups is 1. The number of nitrogens with zero attached hydrogens (tertiary/aromatic N) is 4. The van der Waals surface area contributed by atoms with E-state index in [9.17, 15) is 4.79 Å². The molecular weight excluding hydrogens is 238 g/mol. The Hall–Kier alpha value is -1.89. The Labute approximate surface area is 102 Å². The molecular formula is C10H11N5OS. The first-order valence-corrected chi connectivity index (χ1v) is 6.15. The van der Waals surface area contributed by atoms with Gasteiger partial charge in [-0.05, 0) is 28.8 Å². The molecule has 1 aromatic heterocycles. The van der Waals surface area contributed by atoms with Gasteiger partial charge in [-0.1, -0.05) is 12.1 Å². The third kappa shape index (κ3) is 3.04. The molecule has 0 fully saturated rings. The van der Waals surface area contributed by atoms with Gasteiger partial charge in [-0.2, -0.15) is 0 Å². The van der Waals surface area contributed by atoms with Crippen LogP contribution in [0.25, 0.3) is 0 Å². The van der Waals surface area contributed by atoms with Crippen LogP contribution in [-0.4, -0.2) is 32.4 Å². The Bertz CT molecular complexity index is 499. The van der Waals surface area contributed by atoms with Gasteiger partial charge < -0.3 is 5.32 Å². The normalized spacial score (nSPS) is 10.2. The summed E-state index contributed by atoms with van der Waals surface area (Å²) in [6.45, 7) is 0.107. The van der Waals surface area contributed by atoms with Gasteiger partial charge in [0.1, 0.15) is 12.9 Å². The van der Waals surface area contributed by atoms with Crippen molar-refractivity contribution < 1.29 is 4.79 Å². The van der Waals surface area contributed by atoms with Gasteiger partial charge in [-0.25, -0.2) is 4.68 Å². The first-order valence-electron chi connectivity index (χ1n) is 4.93. The molecule has 17 heavy (non-hydrogen) atoms. The average molecular weight is 249 g/mol. The molecule has 0 aliphatic heterocycles. The SMILES string of the molecule is CSc1ccccc1NC(=O)Cn1cnnn1. The minimum atomic E-state index is -0.154. The summed E-state index contributed by atoms with van der Waals surface area (Å²) in [5.74, 6) is -0.154. The van der Waals surface area contributed by atoms with Gasteiger partial charge in [0.05, 0.1) is 5.69 Å². The second-order valence-electron chi connectivity index (χ2n) is 3.26. The van der Waals surface area contributed by atoms with Gasteiger partial charge in [-0.15, -0.1) is 16.9 Å². The lowest BCUT2D eigenvalue weighted by atomic mass is 10.3. The Morgan fingerprint density at radius 1 is 1.47 bits per heavy atom. The van der Waals surface area contributed by atoms with Crippen LogP contribution in [0.3, 0.4) is 0 Å². The third-order valence-corrected chi connectivity index (χ3v) is 2.87. The van der Waals surface area contributed by atoms with Crippen molar-refractivity contribution in [3.8, 4) is 0 Å². The smallest absolute Gasteiger partial charge is 0.246 e. The molecule has 6 nitrogen and oxygen atoms in total. The van der Waals surface area contributed by atoms with Crippen molar-refractivity contribution in [2.45, 2.75) is 11.4 Å². The molecule has 2 aromatic rings. The van der Waals surface area contributed by atoms with E-state index in [1.807, 2.05) is 30.5 Å². The van der Waals surface area contributed by atoms with Crippen molar-refractivity contribution in [3.63, 3.8) is 0 Å². The summed E-state index contributed by atoms with van der Waals surface area (Å²) >= 11 is 1.58. The summed E-state index contributed by atoms with van der Waals surface area (Å²) < 4.78 is 1.37. The minimum Gasteiger partial charge on any atom is -0.323 e. The van der Waals surface area contributed by atoms with Crippen LogP contribution in [0.4, 0.5) is 5.69 Å². The summed E-state index contributed by atoms with van der Waals surface area (Å²) in [4.78, 5) is 12.7. The number of hydrogen-bond acceptors (Lipinski definition) is 5. The van der Waals surface area contributed by atoms with E-state index in [1.54, 1.807) is 11.8 Å². The van der Waals surface area contributed by atoms with Crippen LogP contribution < -0.4 is 5.32 Å². The minimum absolute atomic E-state index is 0.107. The molecule has 1 heterocycles. The van der Waals surface area contributed by atoms with Crippen LogP contribution in [0.15, 0.2) is 35.5 Å². The number of para-hydroxylation sites is 1. The highest BCUT2D eigenvalue weighted by atomic mass is 32.2. The first-order chi connectivity index (χ1) is 8.29. The number of amides is 1. The van der Waals surface area contributed by atoms with Crippen molar-refractivity contribution in [2.75, 3.05) is 11.6 Å². The molecule has 0 aliphatic carbocycles. The van der Waals surface area contributed by atoms with Gasteiger partial charge in [0, 0.05) is 4.90 Å². The Kier molecular flexibility index (Phi) is 3.71. The topological polar surface area (TPSA) is 72.7 Å². The zero-order valence-electron chi connectivity index (χ0n) is 9.20. The highest BCUT2D eigenvalue weighted by Gasteiger charge is 2.07. The van der Waals surface area contributed by atoms with E-state index in [0.29, 0.717) is 0 Å². The Morgan fingerprint density at radius 3 is 3.00 bits per heavy atom. The number of carbonyl (C=O) groups excluding carboxylic acids is 1. The quantitative estimate of drug-likeness (QED) is 0.819. The van der Waals surface area contributed by atoms with Crippen molar-refractivity contribution in [3.05, 3.63) is 30.6 Å². The van der Waals surface area contributed by atoms with E-state index < -0.39 is 0 Å². The molecule has 0 unspecified atom stereocenters. The van der Waals surface area contributed by atoms with Crippen LogP contribution in [0, 0.1) is 0 Å². The van der Waals surface area contributed by atoms with Crippen LogP contribution in [-0.2, 0) is 11.3 Å². The number of benzene rings is 1. The zero-order valence-corrected chi connectivity index (χ0v) is 10.0. The highest BCUT2D eigenvalue weighted by molar-refractivity contribution is 7.98. The molecule has 0 aliphatic rings. The summed E-state index contributed by atoms with van der Waals surface area (Å²) in [5.41, 5.74) is 0.804. The molecule has 1 N–H and O–H groups in total. The van der Waals surface area contributed by atoms with Crippen LogP contribution in [0.5, 0.6) is 0 Å². The van der Waals surface area contributed by atoms with Gasteiger partial charge >= 0.3 is 0 Å². The monoisotopic (exact) mass is 249 g/mol. The predicted molar refractivity (Wildman–Crippen MR) is 64.7 cm³/mol. The third-order valence-electron chi connectivity index (χ3n) is 2.08. The fourth-order valence-corrected chi connectivity index (χ4v) is 1.89. The second-order valence-corrected chi connectivity index (χ2v) is 4.10. The molecule has 1 aromatic carbocycles. The fraction of sp³-hybridized carbons (Fsp3) is 0.200.